The van der Waals surface area contributed by atoms with Gasteiger partial charge in [0.05, 0.1) is 0 Å². The summed E-state index contributed by atoms with van der Waals surface area (Å²) < 4.78 is 27.2. The summed E-state index contributed by atoms with van der Waals surface area (Å²) in [5.41, 5.74) is 1.02. The minimum atomic E-state index is -3.68. The lowest BCUT2D eigenvalue weighted by atomic mass is 10.2. The van der Waals surface area contributed by atoms with Gasteiger partial charge in [0.2, 0.25) is 10.0 Å². The third kappa shape index (κ3) is 3.67. The molecule has 1 saturated heterocycles. The van der Waals surface area contributed by atoms with Crippen LogP contribution in [0.15, 0.2) is 40.6 Å². The van der Waals surface area contributed by atoms with Crippen molar-refractivity contribution in [2.45, 2.75) is 4.90 Å². The largest absolute Gasteiger partial charge is 0.369 e. The number of thiophene rings is 1. The molecule has 134 valence electrons. The molecule has 1 fully saturated rings. The second-order valence-electron chi connectivity index (χ2n) is 5.56. The van der Waals surface area contributed by atoms with Gasteiger partial charge < -0.3 is 10.2 Å². The number of benzene rings is 1. The zero-order valence-electron chi connectivity index (χ0n) is 13.6. The van der Waals surface area contributed by atoms with Crippen LogP contribution in [0.2, 0.25) is 5.02 Å². The molecule has 1 N–H and O–H groups in total. The first-order valence-corrected chi connectivity index (χ1v) is 10.4. The van der Waals surface area contributed by atoms with E-state index in [-0.39, 0.29) is 15.7 Å². The van der Waals surface area contributed by atoms with E-state index in [1.54, 1.807) is 5.38 Å². The molecule has 0 radical (unpaired) electrons. The van der Waals surface area contributed by atoms with Crippen molar-refractivity contribution < 1.29 is 13.2 Å². The molecule has 0 aliphatic carbocycles. The van der Waals surface area contributed by atoms with Gasteiger partial charge in [-0.3, -0.25) is 4.79 Å². The molecule has 0 spiro atoms. The van der Waals surface area contributed by atoms with Crippen LogP contribution in [-0.4, -0.2) is 51.9 Å². The van der Waals surface area contributed by atoms with E-state index in [4.69, 9.17) is 11.6 Å². The van der Waals surface area contributed by atoms with Crippen molar-refractivity contribution in [3.05, 3.63) is 45.6 Å². The Hall–Kier alpha value is -1.61. The molecule has 1 aromatic carbocycles. The van der Waals surface area contributed by atoms with Crippen molar-refractivity contribution in [3.63, 3.8) is 0 Å². The molecule has 2 heterocycles. The van der Waals surface area contributed by atoms with Crippen LogP contribution in [0.5, 0.6) is 0 Å². The number of carbonyl (C=O) groups is 1. The van der Waals surface area contributed by atoms with E-state index in [9.17, 15) is 13.2 Å². The topological polar surface area (TPSA) is 69.7 Å². The molecule has 0 bridgehead atoms. The molecule has 0 unspecified atom stereocenters. The minimum Gasteiger partial charge on any atom is -0.369 e. The van der Waals surface area contributed by atoms with Crippen LogP contribution in [0, 0.1) is 0 Å². The Morgan fingerprint density at radius 1 is 1.12 bits per heavy atom. The van der Waals surface area contributed by atoms with Crippen molar-refractivity contribution in [1.82, 2.24) is 9.62 Å². The van der Waals surface area contributed by atoms with Gasteiger partial charge in [-0.15, -0.1) is 11.3 Å². The predicted octanol–water partition coefficient (Wildman–Crippen LogP) is 2.27. The molecule has 2 aromatic rings. The van der Waals surface area contributed by atoms with Crippen LogP contribution in [0.25, 0.3) is 0 Å². The lowest BCUT2D eigenvalue weighted by Gasteiger charge is -2.35. The maximum Gasteiger partial charge on any atom is 0.262 e. The lowest BCUT2D eigenvalue weighted by Crippen LogP contribution is -2.48. The second-order valence-corrected chi connectivity index (χ2v) is 8.82. The normalized spacial score (nSPS) is 16.0. The van der Waals surface area contributed by atoms with Crippen LogP contribution < -0.4 is 10.2 Å². The van der Waals surface area contributed by atoms with Gasteiger partial charge in [0, 0.05) is 43.9 Å². The van der Waals surface area contributed by atoms with Gasteiger partial charge in [0.1, 0.15) is 9.77 Å². The minimum absolute atomic E-state index is 0.0804. The zero-order valence-corrected chi connectivity index (χ0v) is 16.0. The SMILES string of the molecule is CNC(=O)c1sccc1S(=O)(=O)N1CCN(c2ccc(Cl)cc2)CC1. The number of rotatable bonds is 4. The summed E-state index contributed by atoms with van der Waals surface area (Å²) in [5.74, 6) is -0.381. The third-order valence-electron chi connectivity index (χ3n) is 4.11. The van der Waals surface area contributed by atoms with Gasteiger partial charge in [0.25, 0.3) is 5.91 Å². The fourth-order valence-electron chi connectivity index (χ4n) is 2.76. The van der Waals surface area contributed by atoms with E-state index in [1.807, 2.05) is 24.3 Å². The smallest absolute Gasteiger partial charge is 0.262 e. The number of carbonyl (C=O) groups excluding carboxylic acids is 1. The zero-order chi connectivity index (χ0) is 18.0. The van der Waals surface area contributed by atoms with Crippen LogP contribution in [0.4, 0.5) is 5.69 Å². The average molecular weight is 400 g/mol. The first kappa shape index (κ1) is 18.2. The molecule has 0 atom stereocenters. The van der Waals surface area contributed by atoms with Crippen molar-refractivity contribution >= 4 is 44.6 Å². The number of anilines is 1. The second kappa shape index (κ2) is 7.33. The van der Waals surface area contributed by atoms with Gasteiger partial charge >= 0.3 is 0 Å². The number of piperazine rings is 1. The molecule has 1 amide bonds. The number of nitrogens with zero attached hydrogens (tertiary/aromatic N) is 2. The summed E-state index contributed by atoms with van der Waals surface area (Å²) in [6.45, 7) is 1.91. The van der Waals surface area contributed by atoms with Gasteiger partial charge in [-0.05, 0) is 35.7 Å². The molecule has 9 heteroatoms. The van der Waals surface area contributed by atoms with Crippen LogP contribution in [-0.2, 0) is 10.0 Å². The highest BCUT2D eigenvalue weighted by molar-refractivity contribution is 7.89. The van der Waals surface area contributed by atoms with Crippen LogP contribution in [0.3, 0.4) is 0 Å². The van der Waals surface area contributed by atoms with Crippen molar-refractivity contribution in [1.29, 1.82) is 0 Å². The highest BCUT2D eigenvalue weighted by atomic mass is 35.5. The number of amides is 1. The van der Waals surface area contributed by atoms with Gasteiger partial charge in [-0.1, -0.05) is 11.6 Å². The third-order valence-corrected chi connectivity index (χ3v) is 7.35. The molecule has 25 heavy (non-hydrogen) atoms. The first-order chi connectivity index (χ1) is 11.9. The Morgan fingerprint density at radius 3 is 2.36 bits per heavy atom. The van der Waals surface area contributed by atoms with E-state index in [1.165, 1.54) is 17.4 Å². The predicted molar refractivity (Wildman–Crippen MR) is 100 cm³/mol. The Labute approximate surface area is 156 Å². The van der Waals surface area contributed by atoms with Crippen molar-refractivity contribution in [2.75, 3.05) is 38.1 Å². The van der Waals surface area contributed by atoms with Crippen molar-refractivity contribution in [2.24, 2.45) is 0 Å². The number of nitrogens with one attached hydrogen (secondary N) is 1. The molecule has 1 aliphatic heterocycles. The molecule has 3 rings (SSSR count). The maximum atomic E-state index is 12.9. The summed E-state index contributed by atoms with van der Waals surface area (Å²) in [5, 5.41) is 4.78. The van der Waals surface area contributed by atoms with Gasteiger partial charge in [0.15, 0.2) is 0 Å². The Morgan fingerprint density at radius 2 is 1.76 bits per heavy atom. The van der Waals surface area contributed by atoms with E-state index in [2.05, 4.69) is 10.2 Å². The molecule has 0 saturated carbocycles. The molecular weight excluding hydrogens is 382 g/mol. The van der Waals surface area contributed by atoms with E-state index in [0.29, 0.717) is 31.2 Å². The fourth-order valence-corrected chi connectivity index (χ4v) is 5.65. The Bertz CT molecular complexity index is 857. The Balaban J connectivity index is 1.75. The summed E-state index contributed by atoms with van der Waals surface area (Å²) in [4.78, 5) is 14.3. The monoisotopic (exact) mass is 399 g/mol. The summed E-state index contributed by atoms with van der Waals surface area (Å²) in [6.07, 6.45) is 0. The quantitative estimate of drug-likeness (QED) is 0.856. The standard InChI is InChI=1S/C16H18ClN3O3S2/c1-18-16(21)15-14(6-11-24-15)25(22,23)20-9-7-19(8-10-20)13-4-2-12(17)3-5-13/h2-6,11H,7-10H2,1H3,(H,18,21). The van der Waals surface area contributed by atoms with Crippen LogP contribution >= 0.6 is 22.9 Å². The maximum absolute atomic E-state index is 12.9. The van der Waals surface area contributed by atoms with E-state index < -0.39 is 10.0 Å². The fraction of sp³-hybridized carbons (Fsp3) is 0.312. The highest BCUT2D eigenvalue weighted by Gasteiger charge is 2.32. The lowest BCUT2D eigenvalue weighted by molar-refractivity contribution is 0.0964. The molecular formula is C16H18ClN3O3S2. The Kier molecular flexibility index (Phi) is 5.33. The number of sulfonamides is 1. The average Bonchev–Trinajstić information content (AvgIpc) is 3.12. The van der Waals surface area contributed by atoms with Gasteiger partial charge in [-0.25, -0.2) is 8.42 Å². The van der Waals surface area contributed by atoms with E-state index in [0.717, 1.165) is 17.0 Å². The molecule has 1 aromatic heterocycles. The van der Waals surface area contributed by atoms with Crippen molar-refractivity contribution in [3.8, 4) is 0 Å². The highest BCUT2D eigenvalue weighted by Crippen LogP contribution is 2.27. The molecule has 6 nitrogen and oxygen atoms in total. The summed E-state index contributed by atoms with van der Waals surface area (Å²) in [7, 11) is -2.19. The van der Waals surface area contributed by atoms with Gasteiger partial charge in [-0.2, -0.15) is 4.31 Å². The van der Waals surface area contributed by atoms with E-state index >= 15 is 0 Å². The number of hydrogen-bond donors (Lipinski definition) is 1. The summed E-state index contributed by atoms with van der Waals surface area (Å²) >= 11 is 7.04. The number of hydrogen-bond acceptors (Lipinski definition) is 5. The summed E-state index contributed by atoms with van der Waals surface area (Å²) in [6, 6.07) is 8.99. The number of halogens is 1. The first-order valence-electron chi connectivity index (χ1n) is 7.73. The van der Waals surface area contributed by atoms with Crippen LogP contribution in [0.1, 0.15) is 9.67 Å². The molecule has 1 aliphatic rings.